The van der Waals surface area contributed by atoms with E-state index in [1.807, 2.05) is 0 Å². The molecule has 0 radical (unpaired) electrons. The number of hydrogen-bond acceptors (Lipinski definition) is 7. The number of amides is 5. The quantitative estimate of drug-likeness (QED) is 0.210. The van der Waals surface area contributed by atoms with Crippen LogP contribution in [0.15, 0.2) is 18.2 Å². The van der Waals surface area contributed by atoms with Gasteiger partial charge in [-0.1, -0.05) is 37.8 Å². The van der Waals surface area contributed by atoms with Crippen molar-refractivity contribution in [2.24, 2.45) is 0 Å². The molecule has 0 aromatic heterocycles. The second-order valence-corrected chi connectivity index (χ2v) is 9.36. The zero-order chi connectivity index (χ0) is 26.8. The molecular weight excluding hydrogens is 480 g/mol. The Balaban J connectivity index is 1.39. The summed E-state index contributed by atoms with van der Waals surface area (Å²) in [4.78, 5) is 61.6. The largest absolute Gasteiger partial charge is 0.375 e. The molecule has 2 unspecified atom stereocenters. The van der Waals surface area contributed by atoms with Crippen molar-refractivity contribution in [1.82, 2.24) is 20.9 Å². The van der Waals surface area contributed by atoms with E-state index < -0.39 is 30.0 Å². The highest BCUT2D eigenvalue weighted by Crippen LogP contribution is 2.37. The van der Waals surface area contributed by atoms with Gasteiger partial charge in [-0.15, -0.1) is 0 Å². The molecule has 11 nitrogen and oxygen atoms in total. The summed E-state index contributed by atoms with van der Waals surface area (Å²) < 4.78 is 4.76. The maximum absolute atomic E-state index is 13.0. The van der Waals surface area contributed by atoms with Crippen LogP contribution in [0.25, 0.3) is 0 Å². The summed E-state index contributed by atoms with van der Waals surface area (Å²) >= 11 is 0. The van der Waals surface area contributed by atoms with E-state index in [0.717, 1.165) is 43.4 Å². The van der Waals surface area contributed by atoms with Gasteiger partial charge in [0.1, 0.15) is 12.6 Å². The average molecular weight is 517 g/mol. The van der Waals surface area contributed by atoms with Gasteiger partial charge in [-0.05, 0) is 30.9 Å². The zero-order valence-corrected chi connectivity index (χ0v) is 21.2. The highest BCUT2D eigenvalue weighted by Gasteiger charge is 2.45. The molecule has 2 heterocycles. The minimum Gasteiger partial charge on any atom is -0.375 e. The van der Waals surface area contributed by atoms with Gasteiger partial charge < -0.3 is 20.5 Å². The minimum atomic E-state index is -1.36. The predicted octanol–water partition coefficient (Wildman–Crippen LogP) is 0.700. The summed E-state index contributed by atoms with van der Waals surface area (Å²) in [6.45, 7) is 1.26. The maximum atomic E-state index is 13.0. The third kappa shape index (κ3) is 7.59. The van der Waals surface area contributed by atoms with Crippen LogP contribution in [0.1, 0.15) is 79.1 Å². The van der Waals surface area contributed by atoms with E-state index in [1.165, 1.54) is 7.11 Å². The van der Waals surface area contributed by atoms with E-state index >= 15 is 0 Å². The molecule has 11 heteroatoms. The molecule has 2 aliphatic heterocycles. The number of nitrogens with one attached hydrogen (secondary N) is 3. The van der Waals surface area contributed by atoms with E-state index in [1.54, 1.807) is 18.2 Å². The number of imide groups is 1. The number of carbonyl (C=O) groups excluding carboxylic acids is 5. The van der Waals surface area contributed by atoms with Crippen LogP contribution in [-0.2, 0) is 30.3 Å². The molecule has 2 aliphatic rings. The van der Waals surface area contributed by atoms with E-state index in [4.69, 9.17) is 4.74 Å². The van der Waals surface area contributed by atoms with Gasteiger partial charge in [0.25, 0.3) is 5.91 Å². The summed E-state index contributed by atoms with van der Waals surface area (Å²) in [6.07, 6.45) is 4.73. The van der Waals surface area contributed by atoms with E-state index in [2.05, 4.69) is 16.0 Å². The topological polar surface area (TPSA) is 154 Å². The van der Waals surface area contributed by atoms with Gasteiger partial charge >= 0.3 is 0 Å². The van der Waals surface area contributed by atoms with Gasteiger partial charge in [0.2, 0.25) is 23.6 Å². The third-order valence-electron chi connectivity index (χ3n) is 6.60. The number of aliphatic hydroxyl groups is 1. The van der Waals surface area contributed by atoms with Crippen LogP contribution < -0.4 is 16.0 Å². The molecule has 5 amide bonds. The number of hydrogen-bond donors (Lipinski definition) is 4. The first kappa shape index (κ1) is 28.3. The van der Waals surface area contributed by atoms with Crippen LogP contribution in [0.4, 0.5) is 0 Å². The summed E-state index contributed by atoms with van der Waals surface area (Å²) in [6, 6.07) is 3.98. The third-order valence-corrected chi connectivity index (χ3v) is 6.60. The van der Waals surface area contributed by atoms with Gasteiger partial charge in [-0.3, -0.25) is 34.2 Å². The monoisotopic (exact) mass is 516 g/mol. The number of nitrogens with zero attached hydrogens (tertiary/aromatic N) is 1. The van der Waals surface area contributed by atoms with Gasteiger partial charge in [0, 0.05) is 37.7 Å². The summed E-state index contributed by atoms with van der Waals surface area (Å²) in [5, 5.41) is 18.8. The predicted molar refractivity (Wildman–Crippen MR) is 133 cm³/mol. The number of ether oxygens (including phenoxy) is 1. The number of methoxy groups -OCH3 is 1. The lowest BCUT2D eigenvalue weighted by molar-refractivity contribution is -0.139. The van der Waals surface area contributed by atoms with Gasteiger partial charge in [-0.25, -0.2) is 0 Å². The van der Waals surface area contributed by atoms with Crippen molar-refractivity contribution in [3.05, 3.63) is 34.9 Å². The van der Waals surface area contributed by atoms with Crippen molar-refractivity contribution in [2.75, 3.05) is 26.8 Å². The Morgan fingerprint density at radius 2 is 1.68 bits per heavy atom. The Kier molecular flexibility index (Phi) is 10.6. The Labute approximate surface area is 216 Å². The Hall–Kier alpha value is -3.31. The molecule has 1 aromatic carbocycles. The van der Waals surface area contributed by atoms with Gasteiger partial charge in [0.15, 0.2) is 6.23 Å². The lowest BCUT2D eigenvalue weighted by atomic mass is 9.99. The Morgan fingerprint density at radius 1 is 1.03 bits per heavy atom. The van der Waals surface area contributed by atoms with Crippen molar-refractivity contribution in [2.45, 2.75) is 70.1 Å². The fourth-order valence-electron chi connectivity index (χ4n) is 4.74. The zero-order valence-electron chi connectivity index (χ0n) is 21.2. The van der Waals surface area contributed by atoms with Crippen LogP contribution in [-0.4, -0.2) is 72.4 Å². The number of rotatable bonds is 14. The van der Waals surface area contributed by atoms with Crippen molar-refractivity contribution < 1.29 is 33.8 Å². The number of carbonyl (C=O) groups is 5. The Bertz CT molecular complexity index is 1010. The number of aliphatic hydroxyl groups excluding tert-OH is 1. The first-order valence-electron chi connectivity index (χ1n) is 12.8. The molecule has 1 aromatic rings. The molecule has 37 heavy (non-hydrogen) atoms. The van der Waals surface area contributed by atoms with Crippen LogP contribution >= 0.6 is 0 Å². The van der Waals surface area contributed by atoms with Gasteiger partial charge in [0.05, 0.1) is 6.42 Å². The van der Waals surface area contributed by atoms with Crippen molar-refractivity contribution >= 4 is 29.5 Å². The van der Waals surface area contributed by atoms with Crippen LogP contribution in [0, 0.1) is 0 Å². The van der Waals surface area contributed by atoms with Crippen LogP contribution in [0.2, 0.25) is 0 Å². The molecule has 202 valence electrons. The number of fused-ring (bicyclic) bond motifs is 1. The fraction of sp³-hybridized carbons (Fsp3) is 0.577. The number of unbranched alkanes of at least 4 members (excludes halogenated alkanes) is 5. The summed E-state index contributed by atoms with van der Waals surface area (Å²) in [7, 11) is 1.49. The molecular formula is C26H36N4O7. The number of piperidine rings is 1. The summed E-state index contributed by atoms with van der Waals surface area (Å²) in [5.41, 5.74) is 1.13. The molecule has 1 saturated heterocycles. The first-order valence-corrected chi connectivity index (χ1v) is 12.8. The Morgan fingerprint density at radius 3 is 2.32 bits per heavy atom. The highest BCUT2D eigenvalue weighted by molar-refractivity contribution is 6.06. The van der Waals surface area contributed by atoms with Crippen molar-refractivity contribution in [3.8, 4) is 0 Å². The average Bonchev–Trinajstić information content (AvgIpc) is 3.11. The first-order chi connectivity index (χ1) is 17.8. The van der Waals surface area contributed by atoms with Crippen molar-refractivity contribution in [3.63, 3.8) is 0 Å². The molecule has 0 saturated carbocycles. The van der Waals surface area contributed by atoms with E-state index in [-0.39, 0.29) is 43.2 Å². The smallest absolute Gasteiger partial charge is 0.257 e. The van der Waals surface area contributed by atoms with Crippen molar-refractivity contribution in [1.29, 1.82) is 0 Å². The fourth-order valence-corrected chi connectivity index (χ4v) is 4.74. The normalized spacial score (nSPS) is 19.0. The number of benzene rings is 1. The standard InChI is InChI=1S/C26H36N4O7/c1-37-16-22(33)28-14-7-5-3-2-4-6-13-27-21(32)15-17-9-8-10-18-23(17)26(36)30(25(18)35)19-11-12-20(31)29-24(19)34/h8-10,19,26,36H,2-7,11-16H2,1H3,(H,27,32)(H,28,33)(H,29,31,34). The molecule has 0 bridgehead atoms. The molecule has 2 atom stereocenters. The van der Waals surface area contributed by atoms with Crippen LogP contribution in [0.5, 0.6) is 0 Å². The molecule has 1 fully saturated rings. The van der Waals surface area contributed by atoms with E-state index in [9.17, 15) is 29.1 Å². The maximum Gasteiger partial charge on any atom is 0.257 e. The summed E-state index contributed by atoms with van der Waals surface area (Å²) in [5.74, 6) is -1.81. The lowest BCUT2D eigenvalue weighted by Crippen LogP contribution is -2.53. The molecule has 3 rings (SSSR count). The second kappa shape index (κ2) is 13.8. The molecule has 0 aliphatic carbocycles. The lowest BCUT2D eigenvalue weighted by Gasteiger charge is -2.32. The molecule has 0 spiro atoms. The van der Waals surface area contributed by atoms with Gasteiger partial charge in [-0.2, -0.15) is 0 Å². The van der Waals surface area contributed by atoms with Crippen LogP contribution in [0.3, 0.4) is 0 Å². The second-order valence-electron chi connectivity index (χ2n) is 9.36. The highest BCUT2D eigenvalue weighted by atomic mass is 16.5. The van der Waals surface area contributed by atoms with E-state index in [0.29, 0.717) is 24.2 Å². The minimum absolute atomic E-state index is 0.00545. The molecule has 4 N–H and O–H groups in total. The SMILES string of the molecule is COCC(=O)NCCCCCCCCNC(=O)Cc1cccc2c1C(O)N(C1CCC(=O)NC1=O)C2=O.